The molecule has 26 unspecified atom stereocenters. The van der Waals surface area contributed by atoms with Gasteiger partial charge in [0.1, 0.15) is 110 Å². The Morgan fingerprint density at radius 2 is 1.47 bits per heavy atom. The third kappa shape index (κ3) is 17.9. The Morgan fingerprint density at radius 1 is 0.791 bits per heavy atom. The van der Waals surface area contributed by atoms with E-state index < -0.39 is 210 Å². The number of carbonyl (C=O) groups excluding carboxylic acids is 2. The molecule has 34 heteroatoms. The molecular weight excluding hydrogens is 1190 g/mol. The number of aliphatic carboxylic acids is 1. The number of aliphatic hydroxyl groups excluding tert-OH is 16. The number of aryl methyl sites for hydroxylation is 1. The van der Waals surface area contributed by atoms with E-state index >= 15 is 0 Å². The fourth-order valence-corrected chi connectivity index (χ4v) is 13.7. The van der Waals surface area contributed by atoms with E-state index in [1.807, 2.05) is 21.6 Å². The first-order chi connectivity index (χ1) is 40.8. The Hall–Kier alpha value is -3.16. The maximum atomic E-state index is 12.8. The summed E-state index contributed by atoms with van der Waals surface area (Å²) in [5.41, 5.74) is 1.14. The lowest BCUT2D eigenvalue weighted by Crippen LogP contribution is -2.69. The summed E-state index contributed by atoms with van der Waals surface area (Å²) in [6, 6.07) is 4.95. The van der Waals surface area contributed by atoms with Crippen molar-refractivity contribution in [3.63, 3.8) is 0 Å². The molecule has 5 saturated heterocycles. The molecule has 0 aliphatic carbocycles. The van der Waals surface area contributed by atoms with Crippen LogP contribution in [0.3, 0.4) is 0 Å². The first-order valence-corrected chi connectivity index (χ1v) is 30.4. The van der Waals surface area contributed by atoms with Crippen LogP contribution in [0.5, 0.6) is 0 Å². The number of hydrogen-bond acceptors (Lipinski definition) is 31. The molecule has 5 heterocycles. The van der Waals surface area contributed by atoms with Crippen molar-refractivity contribution in [1.29, 1.82) is 5.41 Å². The highest BCUT2D eigenvalue weighted by molar-refractivity contribution is 8.77. The molecule has 0 spiro atoms. The number of methoxy groups -OCH3 is 1. The van der Waals surface area contributed by atoms with Crippen LogP contribution in [0.1, 0.15) is 57.4 Å². The zero-order chi connectivity index (χ0) is 63.3. The summed E-state index contributed by atoms with van der Waals surface area (Å²) in [5.74, 6) is -7.21. The zero-order valence-corrected chi connectivity index (χ0v) is 48.6. The Balaban J connectivity index is 1.12. The standard InChI is InChI=1S/C52H83N3O29S2/c1-21(60)54-34-39(70)44(82-49-41(72)40(71)37(68)31(80-49)20-77-52(51(74)75)15-26(62)33(47(53)76-2)45(84-52)36(67)27(63)16-56)30(19-59)79-48(34)83-46-38(69)29(18-58)78-50(42(46)73)81-43(28(64)17-57)35(66)25(61)11-10-22-6-5-7-23(14-22)55-32(65)9-4-3-8-24-12-13-85-86-24/h5-7,14,24-31,33-46,48-50,53,56-59,61-64,66-73H,3-4,8-13,15-20H2,1-2H3,(H,54,60)(H,55,65)(H,74,75). The van der Waals surface area contributed by atoms with Gasteiger partial charge in [0.05, 0.1) is 58.3 Å². The number of ether oxygens (including phenoxy) is 9. The second-order valence-electron chi connectivity index (χ2n) is 21.7. The van der Waals surface area contributed by atoms with E-state index in [0.29, 0.717) is 22.9 Å². The molecule has 5 aliphatic rings. The van der Waals surface area contributed by atoms with Crippen LogP contribution in [0.15, 0.2) is 24.3 Å². The van der Waals surface area contributed by atoms with Crippen LogP contribution in [0, 0.1) is 11.3 Å². The van der Waals surface area contributed by atoms with Gasteiger partial charge in [-0.2, -0.15) is 0 Å². The summed E-state index contributed by atoms with van der Waals surface area (Å²) in [4.78, 5) is 38.2. The lowest BCUT2D eigenvalue weighted by atomic mass is 9.83. The molecule has 0 radical (unpaired) electrons. The van der Waals surface area contributed by atoms with E-state index in [1.54, 1.807) is 24.3 Å². The molecule has 6 rings (SSSR count). The van der Waals surface area contributed by atoms with Gasteiger partial charge in [0.15, 0.2) is 24.8 Å². The van der Waals surface area contributed by atoms with Gasteiger partial charge in [-0.15, -0.1) is 0 Å². The number of hydrogen-bond donors (Lipinski definition) is 20. The summed E-state index contributed by atoms with van der Waals surface area (Å²) >= 11 is 0. The van der Waals surface area contributed by atoms with Gasteiger partial charge >= 0.3 is 5.97 Å². The number of carboxylic acids is 1. The van der Waals surface area contributed by atoms with Gasteiger partial charge in [-0.3, -0.25) is 15.0 Å². The van der Waals surface area contributed by atoms with Crippen molar-refractivity contribution < 1.29 is 144 Å². The second-order valence-corrected chi connectivity index (χ2v) is 24.5. The molecule has 86 heavy (non-hydrogen) atoms. The van der Waals surface area contributed by atoms with Crippen molar-refractivity contribution in [3.05, 3.63) is 29.8 Å². The minimum atomic E-state index is -2.98. The van der Waals surface area contributed by atoms with Crippen molar-refractivity contribution in [2.24, 2.45) is 5.92 Å². The van der Waals surface area contributed by atoms with Crippen LogP contribution >= 0.6 is 21.6 Å². The van der Waals surface area contributed by atoms with Crippen LogP contribution < -0.4 is 10.6 Å². The molecular formula is C52H83N3O29S2. The Labute approximate surface area is 501 Å². The number of benzene rings is 1. The van der Waals surface area contributed by atoms with Crippen molar-refractivity contribution in [1.82, 2.24) is 5.32 Å². The first kappa shape index (κ1) is 71.9. The third-order valence-corrected chi connectivity index (χ3v) is 18.6. The number of carboxylic acid groups (broad SMARTS) is 1. The van der Waals surface area contributed by atoms with Gasteiger partial charge in [-0.05, 0) is 49.8 Å². The predicted octanol–water partition coefficient (Wildman–Crippen LogP) is -6.77. The number of carbonyl (C=O) groups is 3. The molecule has 26 atom stereocenters. The first-order valence-electron chi connectivity index (χ1n) is 28.0. The topological polar surface area (TPSA) is 526 Å². The van der Waals surface area contributed by atoms with Gasteiger partial charge in [0, 0.05) is 36.5 Å². The van der Waals surface area contributed by atoms with Crippen LogP contribution in [0.4, 0.5) is 5.69 Å². The monoisotopic (exact) mass is 1280 g/mol. The van der Waals surface area contributed by atoms with Crippen molar-refractivity contribution in [2.75, 3.05) is 51.2 Å². The highest BCUT2D eigenvalue weighted by Gasteiger charge is 2.59. The van der Waals surface area contributed by atoms with Gasteiger partial charge in [0.2, 0.25) is 11.8 Å². The molecule has 0 bridgehead atoms. The summed E-state index contributed by atoms with van der Waals surface area (Å²) in [5, 5.41) is 199. The van der Waals surface area contributed by atoms with Crippen molar-refractivity contribution >= 4 is 51.0 Å². The molecule has 32 nitrogen and oxygen atoms in total. The Bertz CT molecular complexity index is 2300. The van der Waals surface area contributed by atoms with Gasteiger partial charge in [-0.25, -0.2) is 4.79 Å². The van der Waals surface area contributed by atoms with Crippen LogP contribution in [-0.4, -0.2) is 308 Å². The zero-order valence-electron chi connectivity index (χ0n) is 47.0. The minimum Gasteiger partial charge on any atom is -0.484 e. The lowest BCUT2D eigenvalue weighted by molar-refractivity contribution is -0.376. The molecule has 5 aliphatic heterocycles. The van der Waals surface area contributed by atoms with Gasteiger partial charge in [0.25, 0.3) is 5.79 Å². The van der Waals surface area contributed by atoms with E-state index in [2.05, 4.69) is 10.6 Å². The second kappa shape index (κ2) is 33.2. The summed E-state index contributed by atoms with van der Waals surface area (Å²) in [6.45, 7) is -4.38. The van der Waals surface area contributed by atoms with E-state index in [4.69, 9.17) is 48.0 Å². The van der Waals surface area contributed by atoms with E-state index in [9.17, 15) is 101 Å². The lowest BCUT2D eigenvalue weighted by Gasteiger charge is -2.49. The average Bonchev–Trinajstić information content (AvgIpc) is 1.21. The van der Waals surface area contributed by atoms with E-state index in [0.717, 1.165) is 45.5 Å². The van der Waals surface area contributed by atoms with Crippen LogP contribution in [-0.2, 0) is 63.4 Å². The van der Waals surface area contributed by atoms with E-state index in [-0.39, 0.29) is 18.7 Å². The Morgan fingerprint density at radius 3 is 2.09 bits per heavy atom. The molecule has 492 valence electrons. The number of nitrogens with one attached hydrogen (secondary N) is 3. The number of amides is 2. The SMILES string of the molecule is COC(=N)C1C(O)CC(OCC2OC(OC3C(CO)OC(OC4C(O)C(CO)OC(OC(C(O)CO)C(O)C(O)CCc5cccc(NC(=O)CCCCC6CCSS6)c5)C4O)C(NC(C)=O)C3O)C(O)C(O)C2O)(C(=O)O)OC1C(O)C(O)CO. The highest BCUT2D eigenvalue weighted by atomic mass is 33.1. The summed E-state index contributed by atoms with van der Waals surface area (Å²) < 4.78 is 50.9. The fourth-order valence-electron chi connectivity index (χ4n) is 10.7. The molecule has 0 saturated carbocycles. The number of rotatable bonds is 30. The maximum Gasteiger partial charge on any atom is 0.364 e. The van der Waals surface area contributed by atoms with Crippen LogP contribution in [0.2, 0.25) is 0 Å². The van der Waals surface area contributed by atoms with Crippen molar-refractivity contribution in [2.45, 2.75) is 210 Å². The number of unbranched alkanes of at least 4 members (excludes halogenated alkanes) is 1. The van der Waals surface area contributed by atoms with Gasteiger partial charge < -0.3 is 140 Å². The molecule has 5 fully saturated rings. The largest absolute Gasteiger partial charge is 0.484 e. The molecule has 20 N–H and O–H groups in total. The summed E-state index contributed by atoms with van der Waals surface area (Å²) in [7, 11) is 4.77. The number of anilines is 1. The minimum absolute atomic E-state index is 0.119. The highest BCUT2D eigenvalue weighted by Crippen LogP contribution is 2.41. The van der Waals surface area contributed by atoms with Gasteiger partial charge in [-0.1, -0.05) is 40.1 Å². The Kier molecular flexibility index (Phi) is 27.8. The molecule has 0 aromatic heterocycles. The maximum absolute atomic E-state index is 12.8. The summed E-state index contributed by atoms with van der Waals surface area (Å²) in [6.07, 6.45) is -41.1. The molecule has 2 amide bonds. The quantitative estimate of drug-likeness (QED) is 0.0147. The smallest absolute Gasteiger partial charge is 0.364 e. The normalized spacial score (nSPS) is 37.1. The number of aliphatic hydroxyl groups is 16. The fraction of sp³-hybridized carbons (Fsp3) is 0.808. The average molecular weight is 1280 g/mol. The predicted molar refractivity (Wildman–Crippen MR) is 293 cm³/mol. The van der Waals surface area contributed by atoms with E-state index in [1.165, 1.54) is 0 Å². The van der Waals surface area contributed by atoms with Crippen LogP contribution in [0.25, 0.3) is 0 Å². The molecule has 1 aromatic carbocycles. The third-order valence-electron chi connectivity index (χ3n) is 15.6. The van der Waals surface area contributed by atoms with Crippen molar-refractivity contribution in [3.8, 4) is 0 Å². The molecule has 1 aromatic rings.